The van der Waals surface area contributed by atoms with Gasteiger partial charge in [-0.1, -0.05) is 6.07 Å². The van der Waals surface area contributed by atoms with Crippen molar-refractivity contribution in [2.75, 3.05) is 19.8 Å². The van der Waals surface area contributed by atoms with Gasteiger partial charge in [0.25, 0.3) is 5.91 Å². The number of rotatable bonds is 8. The smallest absolute Gasteiger partial charge is 0.330 e. The van der Waals surface area contributed by atoms with E-state index in [9.17, 15) is 19.5 Å². The summed E-state index contributed by atoms with van der Waals surface area (Å²) < 4.78 is 10.7. The van der Waals surface area contributed by atoms with E-state index in [-0.39, 0.29) is 6.54 Å². The van der Waals surface area contributed by atoms with Crippen LogP contribution in [-0.2, 0) is 16.0 Å². The van der Waals surface area contributed by atoms with Crippen LogP contribution in [0.4, 0.5) is 0 Å². The molecule has 0 aliphatic carbocycles. The Bertz CT molecular complexity index is 910. The third-order valence-electron chi connectivity index (χ3n) is 4.44. The number of carbonyl (C=O) groups excluding carboxylic acids is 2. The fourth-order valence-electron chi connectivity index (χ4n) is 3.02. The quantitative estimate of drug-likeness (QED) is 0.624. The predicted octanol–water partition coefficient (Wildman–Crippen LogP) is 1.69. The van der Waals surface area contributed by atoms with Crippen molar-refractivity contribution in [3.63, 3.8) is 0 Å². The van der Waals surface area contributed by atoms with Crippen LogP contribution in [0.2, 0.25) is 0 Å². The number of hydrogen-bond acceptors (Lipinski definition) is 5. The van der Waals surface area contributed by atoms with Gasteiger partial charge in [0.2, 0.25) is 5.91 Å². The minimum Gasteiger partial charge on any atom is -0.494 e. The number of amides is 2. The monoisotopic (exact) mass is 398 g/mol. The summed E-state index contributed by atoms with van der Waals surface area (Å²) in [6.45, 7) is 2.60. The van der Waals surface area contributed by atoms with Crippen molar-refractivity contribution < 1.29 is 29.0 Å². The minimum absolute atomic E-state index is 0.343. The number of ether oxygens (including phenoxy) is 2. The second-order valence-corrected chi connectivity index (χ2v) is 6.44. The zero-order valence-electron chi connectivity index (χ0n) is 15.9. The van der Waals surface area contributed by atoms with Crippen LogP contribution >= 0.6 is 0 Å². The molecule has 1 atom stereocenters. The Morgan fingerprint density at radius 2 is 1.93 bits per heavy atom. The molecule has 8 nitrogen and oxygen atoms in total. The maximum atomic E-state index is 12.2. The van der Waals surface area contributed by atoms with Gasteiger partial charge in [-0.2, -0.15) is 0 Å². The van der Waals surface area contributed by atoms with Crippen molar-refractivity contribution in [2.45, 2.75) is 19.4 Å². The molecular weight excluding hydrogens is 376 g/mol. The van der Waals surface area contributed by atoms with Crippen LogP contribution in [0.5, 0.6) is 11.5 Å². The molecule has 8 heteroatoms. The van der Waals surface area contributed by atoms with E-state index in [0.29, 0.717) is 36.5 Å². The molecule has 2 aromatic rings. The second-order valence-electron chi connectivity index (χ2n) is 6.44. The van der Waals surface area contributed by atoms with Gasteiger partial charge in [0, 0.05) is 12.0 Å². The van der Waals surface area contributed by atoms with Crippen LogP contribution in [0.1, 0.15) is 34.5 Å². The Hall–Kier alpha value is -3.55. The van der Waals surface area contributed by atoms with Crippen LogP contribution in [0.15, 0.2) is 42.5 Å². The van der Waals surface area contributed by atoms with Gasteiger partial charge < -0.3 is 25.2 Å². The standard InChI is InChI=1S/C21H22N2O6/c1-2-28-16-6-3-13(4-7-16)20(25)22-12-18(24)23-19(21(26)27)15-5-8-17-14(11-15)9-10-29-17/h3-8,11,19H,2,9-10,12H2,1H3,(H,22,25)(H,23,24)(H,26,27). The third kappa shape index (κ3) is 5.04. The maximum absolute atomic E-state index is 12.2. The number of nitrogens with one attached hydrogen (secondary N) is 2. The Balaban J connectivity index is 1.58. The number of carboxylic acids is 1. The molecule has 29 heavy (non-hydrogen) atoms. The van der Waals surface area contributed by atoms with Crippen molar-refractivity contribution >= 4 is 17.8 Å². The largest absolute Gasteiger partial charge is 0.494 e. The van der Waals surface area contributed by atoms with Crippen LogP contribution < -0.4 is 20.1 Å². The molecule has 152 valence electrons. The molecule has 2 amide bonds. The molecule has 1 heterocycles. The topological polar surface area (TPSA) is 114 Å². The van der Waals surface area contributed by atoms with Crippen molar-refractivity contribution in [1.82, 2.24) is 10.6 Å². The first-order valence-corrected chi connectivity index (χ1v) is 9.26. The first-order chi connectivity index (χ1) is 14.0. The van der Waals surface area contributed by atoms with E-state index >= 15 is 0 Å². The first kappa shape index (κ1) is 20.2. The molecule has 0 saturated carbocycles. The van der Waals surface area contributed by atoms with Gasteiger partial charge in [-0.3, -0.25) is 9.59 Å². The van der Waals surface area contributed by atoms with Crippen LogP contribution in [0.3, 0.4) is 0 Å². The normalized spacial score (nSPS) is 13.0. The van der Waals surface area contributed by atoms with E-state index in [1.807, 2.05) is 6.92 Å². The molecule has 0 spiro atoms. The van der Waals surface area contributed by atoms with E-state index in [1.54, 1.807) is 42.5 Å². The number of fused-ring (bicyclic) bond motifs is 1. The molecule has 1 aliphatic heterocycles. The fraction of sp³-hybridized carbons (Fsp3) is 0.286. The Morgan fingerprint density at radius 1 is 1.17 bits per heavy atom. The molecule has 3 rings (SSSR count). The molecule has 0 fully saturated rings. The van der Waals surface area contributed by atoms with Gasteiger partial charge in [-0.15, -0.1) is 0 Å². The summed E-state index contributed by atoms with van der Waals surface area (Å²) in [5.74, 6) is -0.856. The SMILES string of the molecule is CCOc1ccc(C(=O)NCC(=O)NC(C(=O)O)c2ccc3c(c2)CCO3)cc1. The van der Waals surface area contributed by atoms with Gasteiger partial charge in [0.1, 0.15) is 11.5 Å². The predicted molar refractivity (Wildman–Crippen MR) is 104 cm³/mol. The molecule has 1 aliphatic rings. The van der Waals surface area contributed by atoms with E-state index in [2.05, 4.69) is 10.6 Å². The average Bonchev–Trinajstić information content (AvgIpc) is 3.18. The van der Waals surface area contributed by atoms with Crippen molar-refractivity contribution in [3.8, 4) is 11.5 Å². The molecule has 3 N–H and O–H groups in total. The summed E-state index contributed by atoms with van der Waals surface area (Å²) in [7, 11) is 0. The molecule has 2 aromatic carbocycles. The summed E-state index contributed by atoms with van der Waals surface area (Å²) in [6, 6.07) is 10.3. The molecule has 0 aromatic heterocycles. The Morgan fingerprint density at radius 3 is 2.62 bits per heavy atom. The lowest BCUT2D eigenvalue weighted by molar-refractivity contribution is -0.141. The molecule has 0 saturated heterocycles. The number of aliphatic carboxylic acids is 1. The van der Waals surface area contributed by atoms with Gasteiger partial charge in [0.15, 0.2) is 6.04 Å². The average molecular weight is 398 g/mol. The molecular formula is C21H22N2O6. The lowest BCUT2D eigenvalue weighted by Gasteiger charge is -2.16. The summed E-state index contributed by atoms with van der Waals surface area (Å²) in [4.78, 5) is 36.0. The van der Waals surface area contributed by atoms with Crippen LogP contribution in [-0.4, -0.2) is 42.6 Å². The molecule has 0 bridgehead atoms. The van der Waals surface area contributed by atoms with Crippen LogP contribution in [0, 0.1) is 0 Å². The number of carbonyl (C=O) groups is 3. The van der Waals surface area contributed by atoms with Crippen molar-refractivity contribution in [3.05, 3.63) is 59.2 Å². The molecule has 0 radical (unpaired) electrons. The van der Waals surface area contributed by atoms with E-state index in [0.717, 1.165) is 11.3 Å². The van der Waals surface area contributed by atoms with Gasteiger partial charge >= 0.3 is 5.97 Å². The van der Waals surface area contributed by atoms with Gasteiger partial charge in [0.05, 0.1) is 19.8 Å². The summed E-state index contributed by atoms with van der Waals surface area (Å²) in [5.41, 5.74) is 1.73. The minimum atomic E-state index is -1.21. The summed E-state index contributed by atoms with van der Waals surface area (Å²) >= 11 is 0. The highest BCUT2D eigenvalue weighted by Gasteiger charge is 2.24. The van der Waals surface area contributed by atoms with Crippen LogP contribution in [0.25, 0.3) is 0 Å². The van der Waals surface area contributed by atoms with E-state index < -0.39 is 23.8 Å². The van der Waals surface area contributed by atoms with E-state index in [1.165, 1.54) is 0 Å². The number of carboxylic acid groups (broad SMARTS) is 1. The maximum Gasteiger partial charge on any atom is 0.330 e. The fourth-order valence-corrected chi connectivity index (χ4v) is 3.02. The molecule has 1 unspecified atom stereocenters. The zero-order valence-corrected chi connectivity index (χ0v) is 15.9. The first-order valence-electron chi connectivity index (χ1n) is 9.26. The lowest BCUT2D eigenvalue weighted by Crippen LogP contribution is -2.41. The highest BCUT2D eigenvalue weighted by atomic mass is 16.5. The Labute approximate surface area is 167 Å². The highest BCUT2D eigenvalue weighted by molar-refractivity contribution is 5.97. The highest BCUT2D eigenvalue weighted by Crippen LogP contribution is 2.28. The van der Waals surface area contributed by atoms with E-state index in [4.69, 9.17) is 9.47 Å². The zero-order chi connectivity index (χ0) is 20.8. The second kappa shape index (κ2) is 9.09. The number of benzene rings is 2. The third-order valence-corrected chi connectivity index (χ3v) is 4.44. The van der Waals surface area contributed by atoms with Gasteiger partial charge in [-0.25, -0.2) is 4.79 Å². The van der Waals surface area contributed by atoms with Crippen molar-refractivity contribution in [1.29, 1.82) is 0 Å². The Kier molecular flexibility index (Phi) is 6.33. The van der Waals surface area contributed by atoms with Gasteiger partial charge in [-0.05, 0) is 54.4 Å². The lowest BCUT2D eigenvalue weighted by atomic mass is 10.0. The summed E-state index contributed by atoms with van der Waals surface area (Å²) in [6.07, 6.45) is 0.696. The number of hydrogen-bond donors (Lipinski definition) is 3. The van der Waals surface area contributed by atoms with Crippen molar-refractivity contribution in [2.24, 2.45) is 0 Å². The summed E-state index contributed by atoms with van der Waals surface area (Å²) in [5, 5.41) is 14.4.